The zero-order valence-corrected chi connectivity index (χ0v) is 63.8. The summed E-state index contributed by atoms with van der Waals surface area (Å²) in [5.74, 6) is 1.06. The van der Waals surface area contributed by atoms with E-state index in [1.165, 1.54) is 153 Å². The second kappa shape index (κ2) is 33.7. The first-order valence-electron chi connectivity index (χ1n) is 34.8. The molecule has 3 aromatic heterocycles. The van der Waals surface area contributed by atoms with Gasteiger partial charge >= 0.3 is 0 Å². The van der Waals surface area contributed by atoms with Crippen LogP contribution in [0, 0.1) is 18.2 Å². The summed E-state index contributed by atoms with van der Waals surface area (Å²) in [7, 11) is 0. The first-order chi connectivity index (χ1) is 48.5. The van der Waals surface area contributed by atoms with E-state index in [-0.39, 0.29) is 74.1 Å². The molecule has 9 heteroatoms. The Morgan fingerprint density at radius 3 is 1.10 bits per heavy atom. The number of aliphatic hydroxyl groups is 2. The molecule has 516 valence electrons. The van der Waals surface area contributed by atoms with Crippen molar-refractivity contribution in [3.05, 3.63) is 353 Å². The summed E-state index contributed by atoms with van der Waals surface area (Å²) in [5, 5.41) is 16.7. The van der Waals surface area contributed by atoms with Crippen molar-refractivity contribution in [1.29, 1.82) is 0 Å². The number of pyridine rings is 3. The van der Waals surface area contributed by atoms with Gasteiger partial charge in [0.2, 0.25) is 0 Å². The Balaban J connectivity index is 0.000000161. The molecule has 0 fully saturated rings. The Bertz CT molecular complexity index is 4620. The molecular weight excluding hydrogens is 1610 g/mol. The van der Waals surface area contributed by atoms with Gasteiger partial charge in [-0.1, -0.05) is 185 Å². The number of carbonyl (C=O) groups excluding carboxylic acids is 2. The van der Waals surface area contributed by atoms with Gasteiger partial charge in [0.15, 0.2) is 11.6 Å². The topological polar surface area (TPSA) is 113 Å². The number of aromatic nitrogens is 3. The Morgan fingerprint density at radius 1 is 0.402 bits per heavy atom. The fraction of sp³-hybridized carbons (Fsp3) is 0.194. The van der Waals surface area contributed by atoms with Crippen molar-refractivity contribution in [2.45, 2.75) is 117 Å². The van der Waals surface area contributed by atoms with Crippen molar-refractivity contribution < 1.29 is 60.0 Å². The van der Waals surface area contributed by atoms with Crippen LogP contribution in [-0.2, 0) is 86.3 Å². The Kier molecular flexibility index (Phi) is 24.8. The molecule has 12 aromatic rings. The van der Waals surface area contributed by atoms with Crippen molar-refractivity contribution in [1.82, 2.24) is 15.0 Å². The van der Waals surface area contributed by atoms with Gasteiger partial charge in [-0.05, 0) is 203 Å². The molecule has 2 radical (unpaired) electrons. The van der Waals surface area contributed by atoms with Crippen LogP contribution in [0.1, 0.15) is 136 Å². The molecule has 2 spiro atoms. The van der Waals surface area contributed by atoms with Gasteiger partial charge in [0.1, 0.15) is 0 Å². The Morgan fingerprint density at radius 2 is 0.755 bits per heavy atom. The van der Waals surface area contributed by atoms with E-state index in [1.807, 2.05) is 79.1 Å². The number of allylic oxidation sites excluding steroid dienone is 4. The number of hydrogen-bond donors (Lipinski definition) is 2. The predicted octanol–water partition coefficient (Wildman–Crippen LogP) is 22.2. The van der Waals surface area contributed by atoms with Crippen LogP contribution in [0.3, 0.4) is 0 Å². The SMILES string of the molecule is CC(=O)C=C(C)O.CC(=O)C=C(C)O.CCC(C)c1ccc(-c2ccc3c(c2)C2(Cc4c[c-]c(-c5ccccn5)cc4C2)c2ccccc2-3)cc1.CCC(C)c1ccc(-c2ccc3c(c2)C2(Cc4c[c-]c(-c5ccccn5)cc4C2)c2ccccc2-3)cc1.[Ir].[Ir].[c-]1ccccc1-c1ccccn1. The quantitative estimate of drug-likeness (QED) is 0.0753. The van der Waals surface area contributed by atoms with Crippen molar-refractivity contribution in [2.24, 2.45) is 0 Å². The summed E-state index contributed by atoms with van der Waals surface area (Å²) >= 11 is 0. The minimum atomic E-state index is -0.125. The third-order valence-electron chi connectivity index (χ3n) is 20.0. The third kappa shape index (κ3) is 16.5. The van der Waals surface area contributed by atoms with Crippen molar-refractivity contribution in [3.63, 3.8) is 0 Å². The smallest absolute Gasteiger partial charge is 0.155 e. The van der Waals surface area contributed by atoms with E-state index in [2.05, 4.69) is 231 Å². The molecule has 16 rings (SSSR count). The van der Waals surface area contributed by atoms with Crippen LogP contribution < -0.4 is 0 Å². The van der Waals surface area contributed by atoms with Crippen molar-refractivity contribution in [2.75, 3.05) is 0 Å². The molecule has 0 bridgehead atoms. The van der Waals surface area contributed by atoms with Crippen LogP contribution in [0.5, 0.6) is 0 Å². The average Bonchev–Trinajstić information content (AvgIpc) is 1.55. The van der Waals surface area contributed by atoms with Gasteiger partial charge in [-0.25, -0.2) is 0 Å². The second-order valence-electron chi connectivity index (χ2n) is 26.9. The monoisotopic (exact) mass is 1690 g/mol. The van der Waals surface area contributed by atoms with Gasteiger partial charge < -0.3 is 25.2 Å². The summed E-state index contributed by atoms with van der Waals surface area (Å²) < 4.78 is 0. The fourth-order valence-electron chi connectivity index (χ4n) is 14.7. The maximum absolute atomic E-state index is 10.0. The van der Waals surface area contributed by atoms with Gasteiger partial charge in [0.05, 0.1) is 11.5 Å². The maximum atomic E-state index is 10.0. The molecule has 102 heavy (non-hydrogen) atoms. The second-order valence-corrected chi connectivity index (χ2v) is 26.9. The zero-order valence-electron chi connectivity index (χ0n) is 59.0. The molecule has 2 N–H and O–H groups in total. The van der Waals surface area contributed by atoms with Gasteiger partial charge in [-0.2, -0.15) is 0 Å². The van der Waals surface area contributed by atoms with Gasteiger partial charge in [0.25, 0.3) is 0 Å². The Labute approximate surface area is 629 Å². The largest absolute Gasteiger partial charge is 0.512 e. The van der Waals surface area contributed by atoms with Crippen LogP contribution >= 0.6 is 0 Å². The van der Waals surface area contributed by atoms with Crippen LogP contribution in [0.25, 0.3) is 78.3 Å². The summed E-state index contributed by atoms with van der Waals surface area (Å²) in [6.07, 6.45) is 14.2. The molecule has 7 nitrogen and oxygen atoms in total. The molecule has 9 aromatic carbocycles. The van der Waals surface area contributed by atoms with E-state index in [0.717, 1.165) is 59.5 Å². The molecule has 4 atom stereocenters. The van der Waals surface area contributed by atoms with Crippen LogP contribution in [0.4, 0.5) is 0 Å². The summed E-state index contributed by atoms with van der Waals surface area (Å²) in [4.78, 5) is 33.4. The summed E-state index contributed by atoms with van der Waals surface area (Å²) in [6, 6.07) is 95.9. The average molecular weight is 1690 g/mol. The first-order valence-corrected chi connectivity index (χ1v) is 34.8. The number of rotatable bonds is 11. The summed E-state index contributed by atoms with van der Waals surface area (Å²) in [5.41, 5.74) is 31.2. The number of nitrogens with zero attached hydrogens (tertiary/aromatic N) is 3. The standard InChI is InChI=1S/2C36H30N.C11H8N.2C5H8O2.2Ir/c2*1-3-24(2)25-11-13-26(14-12-25)27-17-18-32-31-8-4-5-9-33(31)36(34(32)21-27)22-29-16-15-28(20-30(29)23-36)35-10-6-7-19-37-35;1-2-6-10(7-3-1)11-8-4-5-9-12-11;2*1-4(6)3-5(2)7;;/h2*4-14,16-21,24H,3,22-23H2,1-2H3;1-6,8-9H;2*3,6H,1-2H3;;/q3*-1;;;;. The van der Waals surface area contributed by atoms with Crippen LogP contribution in [0.15, 0.2) is 279 Å². The minimum absolute atomic E-state index is 0. The molecule has 0 amide bonds. The molecule has 4 aliphatic carbocycles. The van der Waals surface area contributed by atoms with Gasteiger partial charge in [0, 0.05) is 81.8 Å². The van der Waals surface area contributed by atoms with E-state index >= 15 is 0 Å². The fourth-order valence-corrected chi connectivity index (χ4v) is 14.7. The Hall–Kier alpha value is -9.85. The first kappa shape index (κ1) is 74.8. The molecule has 0 saturated carbocycles. The van der Waals surface area contributed by atoms with E-state index in [1.54, 1.807) is 6.20 Å². The summed E-state index contributed by atoms with van der Waals surface area (Å²) in [6.45, 7) is 14.8. The van der Waals surface area contributed by atoms with E-state index in [9.17, 15) is 9.59 Å². The number of fused-ring (bicyclic) bond motifs is 12. The molecule has 4 aliphatic rings. The molecule has 0 aliphatic heterocycles. The number of hydrogen-bond acceptors (Lipinski definition) is 7. The van der Waals surface area contributed by atoms with Gasteiger partial charge in [-0.15, -0.1) is 106 Å². The normalized spacial score (nSPS) is 15.7. The van der Waals surface area contributed by atoms with E-state index < -0.39 is 0 Å². The molecule has 0 saturated heterocycles. The van der Waals surface area contributed by atoms with Gasteiger partial charge in [-0.3, -0.25) is 9.59 Å². The maximum Gasteiger partial charge on any atom is 0.155 e. The zero-order chi connectivity index (χ0) is 69.9. The molecular formula is C93H84Ir2N3O4-3. The third-order valence-corrected chi connectivity index (χ3v) is 20.0. The minimum Gasteiger partial charge on any atom is -0.512 e. The van der Waals surface area contributed by atoms with E-state index in [0.29, 0.717) is 11.8 Å². The number of benzene rings is 9. The van der Waals surface area contributed by atoms with Crippen molar-refractivity contribution >= 4 is 11.6 Å². The number of ketones is 2. The molecule has 4 unspecified atom stereocenters. The van der Waals surface area contributed by atoms with Crippen LogP contribution in [-0.4, -0.2) is 36.7 Å². The van der Waals surface area contributed by atoms with E-state index in [4.69, 9.17) is 10.2 Å². The predicted molar refractivity (Wildman–Crippen MR) is 408 cm³/mol. The van der Waals surface area contributed by atoms with Crippen LogP contribution in [0.2, 0.25) is 0 Å². The molecule has 3 heterocycles. The van der Waals surface area contributed by atoms with Crippen molar-refractivity contribution in [3.8, 4) is 78.3 Å². The number of carbonyl (C=O) groups is 2. The number of aliphatic hydroxyl groups excluding tert-OH is 2.